The molecule has 4 rings (SSSR count). The van der Waals surface area contributed by atoms with Gasteiger partial charge in [-0.15, -0.1) is 11.3 Å². The smallest absolute Gasteiger partial charge is 0.258 e. The molecule has 0 radical (unpaired) electrons. The molecule has 31 heavy (non-hydrogen) atoms. The Balaban J connectivity index is 1.54. The summed E-state index contributed by atoms with van der Waals surface area (Å²) in [5, 5.41) is 6.78. The van der Waals surface area contributed by atoms with Crippen LogP contribution in [-0.2, 0) is 17.6 Å². The van der Waals surface area contributed by atoms with Crippen molar-refractivity contribution in [2.45, 2.75) is 51.9 Å². The summed E-state index contributed by atoms with van der Waals surface area (Å²) in [5.74, 6) is 0.591. The summed E-state index contributed by atoms with van der Waals surface area (Å²) < 4.78 is 5.48. The summed E-state index contributed by atoms with van der Waals surface area (Å²) in [5.41, 5.74) is 2.48. The highest BCUT2D eigenvalue weighted by atomic mass is 32.1. The monoisotopic (exact) mass is 441 g/mol. The molecular weight excluding hydrogens is 410 g/mol. The number of benzene rings is 1. The maximum absolute atomic E-state index is 13.3. The molecule has 1 saturated heterocycles. The van der Waals surface area contributed by atoms with Crippen LogP contribution in [0.1, 0.15) is 59.8 Å². The van der Waals surface area contributed by atoms with Crippen LogP contribution in [0.5, 0.6) is 5.75 Å². The van der Waals surface area contributed by atoms with E-state index in [1.165, 1.54) is 11.3 Å². The zero-order valence-electron chi connectivity index (χ0n) is 18.2. The predicted molar refractivity (Wildman–Crippen MR) is 125 cm³/mol. The molecule has 2 N–H and O–H groups in total. The Labute approximate surface area is 188 Å². The quantitative estimate of drug-likeness (QED) is 0.611. The number of fused-ring (bicyclic) bond motifs is 1. The van der Waals surface area contributed by atoms with Crippen LogP contribution >= 0.6 is 11.3 Å². The maximum atomic E-state index is 13.3. The number of ether oxygens (including phenoxy) is 1. The number of nitrogens with one attached hydrogen (secondary N) is 2. The van der Waals surface area contributed by atoms with Gasteiger partial charge in [0.15, 0.2) is 0 Å². The topological polar surface area (TPSA) is 70.7 Å². The number of hydrogen-bond acceptors (Lipinski definition) is 5. The van der Waals surface area contributed by atoms with Crippen LogP contribution in [-0.4, -0.2) is 43.0 Å². The number of carbonyl (C=O) groups is 2. The number of aryl methyl sites for hydroxylation is 1. The molecule has 0 atom stereocenters. The van der Waals surface area contributed by atoms with Gasteiger partial charge in [-0.1, -0.05) is 6.42 Å². The minimum atomic E-state index is -0.153. The summed E-state index contributed by atoms with van der Waals surface area (Å²) >= 11 is 1.58. The van der Waals surface area contributed by atoms with E-state index >= 15 is 0 Å². The third-order valence-corrected chi connectivity index (χ3v) is 7.10. The first kappa shape index (κ1) is 21.8. The maximum Gasteiger partial charge on any atom is 0.258 e. The summed E-state index contributed by atoms with van der Waals surface area (Å²) in [6.45, 7) is 4.88. The lowest BCUT2D eigenvalue weighted by atomic mass is 10.0. The molecule has 2 aliphatic rings. The zero-order valence-corrected chi connectivity index (χ0v) is 19.0. The second-order valence-electron chi connectivity index (χ2n) is 8.21. The molecule has 0 spiro atoms. The lowest BCUT2D eigenvalue weighted by Gasteiger charge is -2.14. The summed E-state index contributed by atoms with van der Waals surface area (Å²) in [4.78, 5) is 29.4. The van der Waals surface area contributed by atoms with Gasteiger partial charge in [-0.05, 0) is 88.4 Å². The minimum absolute atomic E-state index is 0.0339. The lowest BCUT2D eigenvalue weighted by molar-refractivity contribution is -0.117. The van der Waals surface area contributed by atoms with Crippen LogP contribution in [0.4, 0.5) is 10.7 Å². The summed E-state index contributed by atoms with van der Waals surface area (Å²) in [7, 11) is 0. The third kappa shape index (κ3) is 5.46. The van der Waals surface area contributed by atoms with Crippen molar-refractivity contribution >= 4 is 33.8 Å². The number of hydrogen-bond donors (Lipinski definition) is 2. The van der Waals surface area contributed by atoms with Gasteiger partial charge in [0.1, 0.15) is 10.8 Å². The first-order valence-corrected chi connectivity index (χ1v) is 12.2. The van der Waals surface area contributed by atoms with E-state index in [-0.39, 0.29) is 11.8 Å². The molecule has 2 amide bonds. The van der Waals surface area contributed by atoms with Gasteiger partial charge in [-0.25, -0.2) is 0 Å². The van der Waals surface area contributed by atoms with Gasteiger partial charge >= 0.3 is 0 Å². The Kier molecular flexibility index (Phi) is 7.25. The number of thiophene rings is 1. The average Bonchev–Trinajstić information content (AvgIpc) is 3.31. The van der Waals surface area contributed by atoms with Crippen molar-refractivity contribution in [2.75, 3.05) is 36.9 Å². The van der Waals surface area contributed by atoms with E-state index in [9.17, 15) is 9.59 Å². The normalized spacial score (nSPS) is 16.4. The fraction of sp³-hybridized carbons (Fsp3) is 0.500. The zero-order chi connectivity index (χ0) is 21.6. The van der Waals surface area contributed by atoms with Gasteiger partial charge in [-0.3, -0.25) is 14.5 Å². The van der Waals surface area contributed by atoms with Crippen molar-refractivity contribution in [3.05, 3.63) is 40.3 Å². The summed E-state index contributed by atoms with van der Waals surface area (Å²) in [6.07, 6.45) is 7.55. The molecule has 1 aromatic carbocycles. The van der Waals surface area contributed by atoms with Gasteiger partial charge in [0.05, 0.1) is 18.7 Å². The molecule has 0 saturated carbocycles. The third-order valence-electron chi connectivity index (χ3n) is 5.89. The molecule has 7 heteroatoms. The van der Waals surface area contributed by atoms with Gasteiger partial charge in [0.2, 0.25) is 5.91 Å². The van der Waals surface area contributed by atoms with Crippen molar-refractivity contribution in [1.82, 2.24) is 4.90 Å². The number of amides is 2. The number of likely N-dealkylation sites (tertiary alicyclic amines) is 1. The second kappa shape index (κ2) is 10.3. The molecule has 1 aromatic heterocycles. The molecular formula is C24H31N3O3S. The number of anilines is 2. The molecule has 2 heterocycles. The molecule has 6 nitrogen and oxygen atoms in total. The number of carbonyl (C=O) groups excluding carboxylic acids is 2. The lowest BCUT2D eigenvalue weighted by Crippen LogP contribution is -2.31. The van der Waals surface area contributed by atoms with Crippen LogP contribution in [0.2, 0.25) is 0 Å². The van der Waals surface area contributed by atoms with Crippen LogP contribution < -0.4 is 15.4 Å². The minimum Gasteiger partial charge on any atom is -0.494 e. The van der Waals surface area contributed by atoms with Crippen molar-refractivity contribution in [2.24, 2.45) is 0 Å². The van der Waals surface area contributed by atoms with E-state index in [4.69, 9.17) is 4.74 Å². The van der Waals surface area contributed by atoms with Gasteiger partial charge in [0, 0.05) is 10.6 Å². The number of rotatable bonds is 7. The standard InChI is InChI=1S/C24H31N3O3S/c1-2-30-18-12-10-17(11-13-18)25-23(29)22-19-8-4-3-5-9-20(19)31-24(22)26-21(28)16-27-14-6-7-15-27/h10-13H,2-9,14-16H2,1H3,(H,25,29)(H,26,28). The largest absolute Gasteiger partial charge is 0.494 e. The molecule has 1 fully saturated rings. The average molecular weight is 442 g/mol. The number of nitrogens with zero attached hydrogens (tertiary/aromatic N) is 1. The summed E-state index contributed by atoms with van der Waals surface area (Å²) in [6, 6.07) is 7.40. The van der Waals surface area contributed by atoms with Gasteiger partial charge in [-0.2, -0.15) is 0 Å². The van der Waals surface area contributed by atoms with Crippen molar-refractivity contribution < 1.29 is 14.3 Å². The Hall–Kier alpha value is -2.38. The van der Waals surface area contributed by atoms with Crippen molar-refractivity contribution in [3.63, 3.8) is 0 Å². The van der Waals surface area contributed by atoms with E-state index in [1.807, 2.05) is 31.2 Å². The fourth-order valence-corrected chi connectivity index (χ4v) is 5.68. The second-order valence-corrected chi connectivity index (χ2v) is 9.32. The van der Waals surface area contributed by atoms with Crippen molar-refractivity contribution in [3.8, 4) is 5.75 Å². The van der Waals surface area contributed by atoms with Crippen LogP contribution in [0.15, 0.2) is 24.3 Å². The van der Waals surface area contributed by atoms with Crippen molar-refractivity contribution in [1.29, 1.82) is 0 Å². The molecule has 166 valence electrons. The Morgan fingerprint density at radius 1 is 1.00 bits per heavy atom. The van der Waals surface area contributed by atoms with E-state index in [1.54, 1.807) is 11.3 Å². The highest BCUT2D eigenvalue weighted by Gasteiger charge is 2.26. The molecule has 1 aliphatic heterocycles. The Bertz CT molecular complexity index is 917. The van der Waals surface area contributed by atoms with Crippen LogP contribution in [0.3, 0.4) is 0 Å². The fourth-order valence-electron chi connectivity index (χ4n) is 4.38. The highest BCUT2D eigenvalue weighted by molar-refractivity contribution is 7.17. The van der Waals surface area contributed by atoms with Gasteiger partial charge in [0.25, 0.3) is 5.91 Å². The Morgan fingerprint density at radius 3 is 2.48 bits per heavy atom. The predicted octanol–water partition coefficient (Wildman–Crippen LogP) is 4.70. The van der Waals surface area contributed by atoms with Crippen LogP contribution in [0.25, 0.3) is 0 Å². The van der Waals surface area contributed by atoms with E-state index in [0.29, 0.717) is 23.7 Å². The van der Waals surface area contributed by atoms with Gasteiger partial charge < -0.3 is 15.4 Å². The first-order valence-electron chi connectivity index (χ1n) is 11.3. The molecule has 0 bridgehead atoms. The van der Waals surface area contributed by atoms with Crippen LogP contribution in [0, 0.1) is 0 Å². The van der Waals surface area contributed by atoms with E-state index in [2.05, 4.69) is 15.5 Å². The Morgan fingerprint density at radius 2 is 1.74 bits per heavy atom. The molecule has 2 aromatic rings. The highest BCUT2D eigenvalue weighted by Crippen LogP contribution is 2.38. The molecule has 1 aliphatic carbocycles. The van der Waals surface area contributed by atoms with E-state index < -0.39 is 0 Å². The first-order chi connectivity index (χ1) is 15.1. The van der Waals surface area contributed by atoms with E-state index in [0.717, 1.165) is 68.6 Å². The SMILES string of the molecule is CCOc1ccc(NC(=O)c2c(NC(=O)CN3CCCC3)sc3c2CCCCC3)cc1. The molecule has 0 unspecified atom stereocenters.